The molecule has 0 bridgehead atoms. The van der Waals surface area contributed by atoms with Crippen LogP contribution in [0.2, 0.25) is 5.28 Å². The topological polar surface area (TPSA) is 94.7 Å². The number of fused-ring (bicyclic) bond motifs is 1. The Hall–Kier alpha value is -2.01. The molecular weight excluding hydrogens is 395 g/mol. The van der Waals surface area contributed by atoms with Crippen molar-refractivity contribution in [2.45, 2.75) is 49.0 Å². The Balaban J connectivity index is 2.11. The van der Waals surface area contributed by atoms with Crippen LogP contribution in [0.5, 0.6) is 0 Å². The average molecular weight is 406 g/mol. The Morgan fingerprint density at radius 2 is 1.85 bits per heavy atom. The zero-order valence-corrected chi connectivity index (χ0v) is 14.9. The van der Waals surface area contributed by atoms with Crippen LogP contribution < -0.4 is 0 Å². The summed E-state index contributed by atoms with van der Waals surface area (Å²) in [5, 5.41) is 10.6. The molecule has 0 radical (unpaired) electrons. The molecule has 0 spiro atoms. The molecule has 7 nitrogen and oxygen atoms in total. The molecule has 0 saturated heterocycles. The summed E-state index contributed by atoms with van der Waals surface area (Å²) in [5.74, 6) is 0. The van der Waals surface area contributed by atoms with Gasteiger partial charge < -0.3 is 0 Å². The third kappa shape index (κ3) is 3.73. The minimum absolute atomic E-state index is 0.00602. The molecule has 0 atom stereocenters. The summed E-state index contributed by atoms with van der Waals surface area (Å²) in [6, 6.07) is 0. The number of hydrogen-bond donors (Lipinski definition) is 0. The van der Waals surface area contributed by atoms with E-state index in [0.29, 0.717) is 30.3 Å². The number of halogens is 4. The Kier molecular flexibility index (Phi) is 5.02. The van der Waals surface area contributed by atoms with Gasteiger partial charge in [-0.05, 0) is 56.0 Å². The minimum Gasteiger partial charge on any atom is -0.258 e. The average Bonchev–Trinajstić information content (AvgIpc) is 2.52. The van der Waals surface area contributed by atoms with Crippen molar-refractivity contribution >= 4 is 29.1 Å². The van der Waals surface area contributed by atoms with Gasteiger partial charge in [-0.2, -0.15) is 13.2 Å². The van der Waals surface area contributed by atoms with Gasteiger partial charge in [0, 0.05) is 11.3 Å². The van der Waals surface area contributed by atoms with Crippen LogP contribution in [-0.2, 0) is 19.0 Å². The fourth-order valence-electron chi connectivity index (χ4n) is 2.73. The van der Waals surface area contributed by atoms with Crippen LogP contribution in [0.4, 0.5) is 18.9 Å². The van der Waals surface area contributed by atoms with Crippen molar-refractivity contribution in [3.05, 3.63) is 38.0 Å². The maximum atomic E-state index is 13.4. The number of hydrogen-bond acceptors (Lipinski definition) is 7. The molecule has 0 aromatic carbocycles. The van der Waals surface area contributed by atoms with E-state index in [1.165, 1.54) is 6.92 Å². The predicted octanol–water partition coefficient (Wildman–Crippen LogP) is 4.19. The maximum Gasteiger partial charge on any atom is 0.433 e. The normalized spacial score (nSPS) is 14.2. The van der Waals surface area contributed by atoms with Gasteiger partial charge in [0.25, 0.3) is 0 Å². The fraction of sp³-hybridized carbons (Fsp3) is 0.429. The summed E-state index contributed by atoms with van der Waals surface area (Å²) in [5.41, 5.74) is -1.01. The zero-order chi connectivity index (χ0) is 19.1. The van der Waals surface area contributed by atoms with Gasteiger partial charge in [0.1, 0.15) is 5.69 Å². The third-order valence-corrected chi connectivity index (χ3v) is 4.81. The molecular formula is C14H11ClF3N5O2S. The number of rotatable bonds is 3. The molecule has 12 heteroatoms. The summed E-state index contributed by atoms with van der Waals surface area (Å²) < 4.78 is 40.1. The predicted molar refractivity (Wildman–Crippen MR) is 86.2 cm³/mol. The van der Waals surface area contributed by atoms with Gasteiger partial charge in [0.15, 0.2) is 15.9 Å². The van der Waals surface area contributed by atoms with E-state index in [4.69, 9.17) is 11.6 Å². The second kappa shape index (κ2) is 6.95. The monoisotopic (exact) mass is 405 g/mol. The van der Waals surface area contributed by atoms with Gasteiger partial charge in [-0.1, -0.05) is 0 Å². The Morgan fingerprint density at radius 1 is 1.15 bits per heavy atom. The van der Waals surface area contributed by atoms with Gasteiger partial charge in [-0.15, -0.1) is 0 Å². The van der Waals surface area contributed by atoms with Crippen molar-refractivity contribution in [3.8, 4) is 0 Å². The maximum absolute atomic E-state index is 13.4. The summed E-state index contributed by atoms with van der Waals surface area (Å²) in [7, 11) is 0. The molecule has 2 heterocycles. The van der Waals surface area contributed by atoms with E-state index >= 15 is 0 Å². The highest BCUT2D eigenvalue weighted by Gasteiger charge is 2.38. The van der Waals surface area contributed by atoms with Crippen LogP contribution in [0.3, 0.4) is 0 Å². The first-order valence-corrected chi connectivity index (χ1v) is 8.69. The van der Waals surface area contributed by atoms with Crippen LogP contribution in [0.15, 0.2) is 10.2 Å². The van der Waals surface area contributed by atoms with Gasteiger partial charge in [0.2, 0.25) is 5.28 Å². The van der Waals surface area contributed by atoms with E-state index in [0.717, 1.165) is 6.42 Å². The van der Waals surface area contributed by atoms with Gasteiger partial charge in [-0.25, -0.2) is 19.9 Å². The van der Waals surface area contributed by atoms with Crippen LogP contribution in [0.25, 0.3) is 0 Å². The first kappa shape index (κ1) is 18.8. The number of alkyl halides is 3. The zero-order valence-electron chi connectivity index (χ0n) is 13.3. The molecule has 0 unspecified atom stereocenters. The molecule has 26 heavy (non-hydrogen) atoms. The van der Waals surface area contributed by atoms with Crippen molar-refractivity contribution in [2.75, 3.05) is 0 Å². The Bertz CT molecular complexity index is 894. The molecule has 0 saturated carbocycles. The van der Waals surface area contributed by atoms with Crippen molar-refractivity contribution in [1.82, 2.24) is 19.9 Å². The van der Waals surface area contributed by atoms with E-state index in [1.54, 1.807) is 0 Å². The first-order valence-electron chi connectivity index (χ1n) is 7.50. The molecule has 0 aliphatic heterocycles. The number of aryl methyl sites for hydroxylation is 2. The highest BCUT2D eigenvalue weighted by Crippen LogP contribution is 2.38. The van der Waals surface area contributed by atoms with Crippen molar-refractivity contribution in [3.63, 3.8) is 0 Å². The Labute approximate surface area is 154 Å². The molecule has 1 aliphatic carbocycles. The molecule has 1 aliphatic rings. The minimum atomic E-state index is -4.63. The van der Waals surface area contributed by atoms with Gasteiger partial charge >= 0.3 is 11.9 Å². The highest BCUT2D eigenvalue weighted by molar-refractivity contribution is 7.99. The van der Waals surface area contributed by atoms with E-state index in [9.17, 15) is 23.3 Å². The SMILES string of the molecule is Cc1nc(Cl)nc(Sc2nc3c(c(C(F)(F)F)n2)CCCC3)c1[N+](=O)[O-]. The van der Waals surface area contributed by atoms with Crippen LogP contribution in [0.1, 0.15) is 35.5 Å². The standard InChI is InChI=1S/C14H11ClF3N5O2S/c1-6-9(23(24)25)11(22-12(15)19-6)26-13-20-8-5-3-2-4-7(8)10(21-13)14(16,17)18/h2-5H2,1H3. The summed E-state index contributed by atoms with van der Waals surface area (Å²) in [6.07, 6.45) is -2.61. The molecule has 3 rings (SSSR count). The molecule has 2 aromatic heterocycles. The van der Waals surface area contributed by atoms with Gasteiger partial charge in [0.05, 0.1) is 4.92 Å². The van der Waals surface area contributed by atoms with E-state index in [2.05, 4.69) is 19.9 Å². The van der Waals surface area contributed by atoms with Crippen molar-refractivity contribution < 1.29 is 18.1 Å². The van der Waals surface area contributed by atoms with Crippen LogP contribution >= 0.6 is 23.4 Å². The second-order valence-electron chi connectivity index (χ2n) is 5.58. The third-order valence-electron chi connectivity index (χ3n) is 3.80. The van der Waals surface area contributed by atoms with Crippen LogP contribution in [-0.4, -0.2) is 24.9 Å². The molecule has 138 valence electrons. The molecule has 0 fully saturated rings. The second-order valence-corrected chi connectivity index (χ2v) is 6.87. The lowest BCUT2D eigenvalue weighted by Crippen LogP contribution is -2.19. The highest BCUT2D eigenvalue weighted by atomic mass is 35.5. The van der Waals surface area contributed by atoms with E-state index in [1.807, 2.05) is 0 Å². The summed E-state index contributed by atoms with van der Waals surface area (Å²) in [4.78, 5) is 25.8. The first-order chi connectivity index (χ1) is 12.2. The summed E-state index contributed by atoms with van der Waals surface area (Å²) >= 11 is 6.31. The molecule has 2 aromatic rings. The lowest BCUT2D eigenvalue weighted by Gasteiger charge is -2.20. The quantitative estimate of drug-likeness (QED) is 0.327. The number of nitrogens with zero attached hydrogens (tertiary/aromatic N) is 5. The molecule has 0 amide bonds. The van der Waals surface area contributed by atoms with E-state index in [-0.39, 0.29) is 33.1 Å². The van der Waals surface area contributed by atoms with Gasteiger partial charge in [-0.3, -0.25) is 10.1 Å². The smallest absolute Gasteiger partial charge is 0.258 e. The van der Waals surface area contributed by atoms with Crippen molar-refractivity contribution in [2.24, 2.45) is 0 Å². The Morgan fingerprint density at radius 3 is 2.50 bits per heavy atom. The number of nitro groups is 1. The largest absolute Gasteiger partial charge is 0.433 e. The van der Waals surface area contributed by atoms with Crippen molar-refractivity contribution in [1.29, 1.82) is 0 Å². The lowest BCUT2D eigenvalue weighted by atomic mass is 9.94. The summed E-state index contributed by atoms with van der Waals surface area (Å²) in [6.45, 7) is 1.37. The molecule has 0 N–H and O–H groups in total. The van der Waals surface area contributed by atoms with E-state index < -0.39 is 22.5 Å². The van der Waals surface area contributed by atoms with Crippen LogP contribution in [0, 0.1) is 17.0 Å². The fourth-order valence-corrected chi connectivity index (χ4v) is 3.91. The number of aromatic nitrogens is 4. The lowest BCUT2D eigenvalue weighted by molar-refractivity contribution is -0.389.